The van der Waals surface area contributed by atoms with Crippen molar-refractivity contribution in [2.75, 3.05) is 40.4 Å². The maximum absolute atomic E-state index is 11.7. The molecule has 2 N–H and O–H groups in total. The van der Waals surface area contributed by atoms with Crippen molar-refractivity contribution in [1.29, 1.82) is 0 Å². The van der Waals surface area contributed by atoms with Gasteiger partial charge in [-0.1, -0.05) is 12.1 Å². The molecule has 1 aromatic rings. The molecule has 1 rings (SSSR count). The number of methoxy groups -OCH3 is 1. The number of phenols is 1. The van der Waals surface area contributed by atoms with Gasteiger partial charge in [-0.2, -0.15) is 0 Å². The van der Waals surface area contributed by atoms with Crippen molar-refractivity contribution in [3.8, 4) is 5.75 Å². The highest BCUT2D eigenvalue weighted by molar-refractivity contribution is 5.78. The third-order valence-electron chi connectivity index (χ3n) is 2.77. The number of aromatic hydroxyl groups is 1. The minimum absolute atomic E-state index is 0.0364. The van der Waals surface area contributed by atoms with Crippen molar-refractivity contribution in [1.82, 2.24) is 10.2 Å². The van der Waals surface area contributed by atoms with Gasteiger partial charge in [-0.15, -0.1) is 0 Å². The van der Waals surface area contributed by atoms with Gasteiger partial charge < -0.3 is 20.1 Å². The van der Waals surface area contributed by atoms with Crippen LogP contribution in [0.3, 0.4) is 0 Å². The van der Waals surface area contributed by atoms with E-state index >= 15 is 0 Å². The van der Waals surface area contributed by atoms with Gasteiger partial charge in [-0.25, -0.2) is 0 Å². The Kier molecular flexibility index (Phi) is 6.92. The molecule has 106 valence electrons. The molecule has 0 aromatic heterocycles. The zero-order chi connectivity index (χ0) is 14.1. The summed E-state index contributed by atoms with van der Waals surface area (Å²) in [6, 6.07) is 6.75. The molecule has 5 heteroatoms. The molecule has 5 nitrogen and oxygen atoms in total. The van der Waals surface area contributed by atoms with Crippen molar-refractivity contribution < 1.29 is 14.6 Å². The number of rotatable bonds is 8. The van der Waals surface area contributed by atoms with Crippen molar-refractivity contribution in [3.63, 3.8) is 0 Å². The standard InChI is InChI=1S/C14H22N2O3/c1-16(8-9-19-2)7-6-15-14(18)11-12-4-3-5-13(17)10-12/h3-5,10,17H,6-9,11H2,1-2H3,(H,15,18). The molecule has 0 saturated heterocycles. The lowest BCUT2D eigenvalue weighted by Crippen LogP contribution is -2.35. The van der Waals surface area contributed by atoms with E-state index in [2.05, 4.69) is 10.2 Å². The van der Waals surface area contributed by atoms with Crippen LogP contribution >= 0.6 is 0 Å². The van der Waals surface area contributed by atoms with E-state index in [0.29, 0.717) is 13.2 Å². The summed E-state index contributed by atoms with van der Waals surface area (Å²) in [5.74, 6) is 0.148. The summed E-state index contributed by atoms with van der Waals surface area (Å²) < 4.78 is 4.98. The summed E-state index contributed by atoms with van der Waals surface area (Å²) in [5, 5.41) is 12.2. The third-order valence-corrected chi connectivity index (χ3v) is 2.77. The second-order valence-corrected chi connectivity index (χ2v) is 4.49. The summed E-state index contributed by atoms with van der Waals surface area (Å²) in [7, 11) is 3.66. The van der Waals surface area contributed by atoms with E-state index < -0.39 is 0 Å². The third kappa shape index (κ3) is 6.79. The summed E-state index contributed by atoms with van der Waals surface area (Å²) in [4.78, 5) is 13.8. The molecule has 19 heavy (non-hydrogen) atoms. The van der Waals surface area contributed by atoms with E-state index in [9.17, 15) is 9.90 Å². The Morgan fingerprint density at radius 1 is 1.42 bits per heavy atom. The number of ether oxygens (including phenoxy) is 1. The lowest BCUT2D eigenvalue weighted by molar-refractivity contribution is -0.120. The average Bonchev–Trinajstić information content (AvgIpc) is 2.36. The van der Waals surface area contributed by atoms with Crippen LogP contribution in [-0.4, -0.2) is 56.3 Å². The molecule has 0 fully saturated rings. The monoisotopic (exact) mass is 266 g/mol. The van der Waals surface area contributed by atoms with Crippen molar-refractivity contribution >= 4 is 5.91 Å². The molecule has 1 aromatic carbocycles. The smallest absolute Gasteiger partial charge is 0.224 e. The van der Waals surface area contributed by atoms with Crippen LogP contribution in [0.15, 0.2) is 24.3 Å². The number of likely N-dealkylation sites (N-methyl/N-ethyl adjacent to an activating group) is 1. The van der Waals surface area contributed by atoms with Crippen molar-refractivity contribution in [3.05, 3.63) is 29.8 Å². The van der Waals surface area contributed by atoms with Crippen LogP contribution in [0.2, 0.25) is 0 Å². The quantitative estimate of drug-likeness (QED) is 0.724. The van der Waals surface area contributed by atoms with Gasteiger partial charge in [0.1, 0.15) is 5.75 Å². The fourth-order valence-corrected chi connectivity index (χ4v) is 1.66. The van der Waals surface area contributed by atoms with Gasteiger partial charge in [-0.05, 0) is 24.7 Å². The predicted octanol–water partition coefficient (Wildman–Crippen LogP) is 0.629. The minimum atomic E-state index is -0.0364. The predicted molar refractivity (Wildman–Crippen MR) is 74.2 cm³/mol. The molecule has 0 saturated carbocycles. The fraction of sp³-hybridized carbons (Fsp3) is 0.500. The maximum atomic E-state index is 11.7. The highest BCUT2D eigenvalue weighted by Gasteiger charge is 2.04. The molecule has 0 spiro atoms. The zero-order valence-corrected chi connectivity index (χ0v) is 11.6. The highest BCUT2D eigenvalue weighted by atomic mass is 16.5. The molecule has 0 atom stereocenters. The molecule has 0 aliphatic heterocycles. The Labute approximate surface area is 114 Å². The number of hydrogen-bond acceptors (Lipinski definition) is 4. The van der Waals surface area contributed by atoms with Gasteiger partial charge in [0.2, 0.25) is 5.91 Å². The molecule has 0 aliphatic carbocycles. The van der Waals surface area contributed by atoms with Gasteiger partial charge in [0.05, 0.1) is 13.0 Å². The zero-order valence-electron chi connectivity index (χ0n) is 11.6. The van der Waals surface area contributed by atoms with E-state index in [4.69, 9.17) is 4.74 Å². The Balaban J connectivity index is 2.21. The van der Waals surface area contributed by atoms with E-state index in [1.165, 1.54) is 0 Å². The molecule has 0 radical (unpaired) electrons. The summed E-state index contributed by atoms with van der Waals surface area (Å²) in [5.41, 5.74) is 0.810. The number of nitrogens with one attached hydrogen (secondary N) is 1. The van der Waals surface area contributed by atoms with Crippen LogP contribution in [0.5, 0.6) is 5.75 Å². The van der Waals surface area contributed by atoms with Crippen molar-refractivity contribution in [2.45, 2.75) is 6.42 Å². The molecule has 0 unspecified atom stereocenters. The van der Waals surface area contributed by atoms with Gasteiger partial charge in [0.25, 0.3) is 0 Å². The van der Waals surface area contributed by atoms with Crippen LogP contribution in [0.25, 0.3) is 0 Å². The van der Waals surface area contributed by atoms with Gasteiger partial charge in [-0.3, -0.25) is 4.79 Å². The van der Waals surface area contributed by atoms with E-state index in [1.54, 1.807) is 25.3 Å². The lowest BCUT2D eigenvalue weighted by atomic mass is 10.1. The minimum Gasteiger partial charge on any atom is -0.508 e. The molecular weight excluding hydrogens is 244 g/mol. The first-order valence-electron chi connectivity index (χ1n) is 6.34. The number of carbonyl (C=O) groups is 1. The molecule has 0 aliphatic rings. The second-order valence-electron chi connectivity index (χ2n) is 4.49. The Hall–Kier alpha value is -1.59. The molecule has 0 bridgehead atoms. The number of phenolic OH excluding ortho intramolecular Hbond substituents is 1. The largest absolute Gasteiger partial charge is 0.508 e. The van der Waals surface area contributed by atoms with Crippen LogP contribution in [0, 0.1) is 0 Å². The van der Waals surface area contributed by atoms with E-state index in [0.717, 1.165) is 18.7 Å². The van der Waals surface area contributed by atoms with Crippen LogP contribution < -0.4 is 5.32 Å². The van der Waals surface area contributed by atoms with Gasteiger partial charge in [0.15, 0.2) is 0 Å². The number of benzene rings is 1. The Bertz CT molecular complexity index is 396. The van der Waals surface area contributed by atoms with Gasteiger partial charge >= 0.3 is 0 Å². The van der Waals surface area contributed by atoms with Crippen LogP contribution in [0.1, 0.15) is 5.56 Å². The lowest BCUT2D eigenvalue weighted by Gasteiger charge is -2.16. The second kappa shape index (κ2) is 8.50. The SMILES string of the molecule is COCCN(C)CCNC(=O)Cc1cccc(O)c1. The number of hydrogen-bond donors (Lipinski definition) is 2. The normalized spacial score (nSPS) is 10.7. The number of carbonyl (C=O) groups excluding carboxylic acids is 1. The van der Waals surface area contributed by atoms with E-state index in [1.807, 2.05) is 13.1 Å². The topological polar surface area (TPSA) is 61.8 Å². The maximum Gasteiger partial charge on any atom is 0.224 e. The fourth-order valence-electron chi connectivity index (χ4n) is 1.66. The molecule has 0 heterocycles. The van der Waals surface area contributed by atoms with Crippen LogP contribution in [0.4, 0.5) is 0 Å². The summed E-state index contributed by atoms with van der Waals surface area (Å²) in [6.07, 6.45) is 0.288. The first-order valence-corrected chi connectivity index (χ1v) is 6.34. The van der Waals surface area contributed by atoms with Gasteiger partial charge in [0, 0.05) is 26.7 Å². The Morgan fingerprint density at radius 2 is 2.21 bits per heavy atom. The summed E-state index contributed by atoms with van der Waals surface area (Å²) >= 11 is 0. The molecule has 1 amide bonds. The first kappa shape index (κ1) is 15.5. The Morgan fingerprint density at radius 3 is 2.89 bits per heavy atom. The van der Waals surface area contributed by atoms with Crippen LogP contribution in [-0.2, 0) is 16.0 Å². The number of nitrogens with zero attached hydrogens (tertiary/aromatic N) is 1. The van der Waals surface area contributed by atoms with E-state index in [-0.39, 0.29) is 18.1 Å². The number of amides is 1. The highest BCUT2D eigenvalue weighted by Crippen LogP contribution is 2.10. The van der Waals surface area contributed by atoms with Crippen molar-refractivity contribution in [2.24, 2.45) is 0 Å². The average molecular weight is 266 g/mol. The molecular formula is C14H22N2O3. The summed E-state index contributed by atoms with van der Waals surface area (Å²) in [6.45, 7) is 2.93. The first-order chi connectivity index (χ1) is 9.11.